The van der Waals surface area contributed by atoms with Crippen molar-refractivity contribution < 1.29 is 9.53 Å². The number of hydrogen-bond acceptors (Lipinski definition) is 6. The molecule has 1 fully saturated rings. The van der Waals surface area contributed by atoms with Crippen LogP contribution in [0.2, 0.25) is 0 Å². The van der Waals surface area contributed by atoms with Crippen LogP contribution >= 0.6 is 11.8 Å². The quantitative estimate of drug-likeness (QED) is 0.721. The van der Waals surface area contributed by atoms with Gasteiger partial charge in [0, 0.05) is 11.6 Å². The Balaban J connectivity index is 1.65. The summed E-state index contributed by atoms with van der Waals surface area (Å²) in [4.78, 5) is 25.8. The van der Waals surface area contributed by atoms with E-state index < -0.39 is 0 Å². The molecule has 0 unspecified atom stereocenters. The third-order valence-electron chi connectivity index (χ3n) is 3.72. The van der Waals surface area contributed by atoms with Crippen LogP contribution in [-0.4, -0.2) is 28.2 Å². The van der Waals surface area contributed by atoms with Crippen LogP contribution in [0.4, 0.5) is 5.82 Å². The number of carbonyl (C=O) groups excluding carboxylic acids is 1. The Morgan fingerprint density at radius 2 is 2.08 bits per heavy atom. The Morgan fingerprint density at radius 3 is 2.88 bits per heavy atom. The number of aliphatic imine (C=N–C) groups is 1. The zero-order valence-corrected chi connectivity index (χ0v) is 14.7. The van der Waals surface area contributed by atoms with E-state index in [0.29, 0.717) is 27.3 Å². The van der Waals surface area contributed by atoms with Gasteiger partial charge in [0.1, 0.15) is 11.3 Å². The van der Waals surface area contributed by atoms with Crippen LogP contribution in [0.25, 0.3) is 17.0 Å². The smallest absolute Gasteiger partial charge is 0.264 e. The Labute approximate surface area is 154 Å². The molecule has 0 saturated carbocycles. The van der Waals surface area contributed by atoms with Crippen LogP contribution in [-0.2, 0) is 4.79 Å². The first-order valence-corrected chi connectivity index (χ1v) is 8.69. The number of pyridine rings is 2. The predicted octanol–water partition coefficient (Wildman–Crippen LogP) is 3.53. The molecule has 1 aliphatic heterocycles. The molecular weight excluding hydrogens is 348 g/mol. The number of amides is 1. The molecule has 128 valence electrons. The number of amidine groups is 1. The van der Waals surface area contributed by atoms with Crippen molar-refractivity contribution in [3.8, 4) is 5.75 Å². The molecule has 2 aromatic heterocycles. The molecule has 1 amide bonds. The number of methoxy groups -OCH3 is 1. The first-order valence-electron chi connectivity index (χ1n) is 7.87. The molecule has 0 bridgehead atoms. The summed E-state index contributed by atoms with van der Waals surface area (Å²) in [7, 11) is 1.61. The highest BCUT2D eigenvalue weighted by Crippen LogP contribution is 2.29. The number of para-hydroxylation sites is 1. The first-order chi connectivity index (χ1) is 12.7. The van der Waals surface area contributed by atoms with Crippen molar-refractivity contribution in [3.63, 3.8) is 0 Å². The van der Waals surface area contributed by atoms with Crippen molar-refractivity contribution in [2.24, 2.45) is 4.99 Å². The van der Waals surface area contributed by atoms with E-state index in [9.17, 15) is 4.79 Å². The van der Waals surface area contributed by atoms with Gasteiger partial charge in [-0.25, -0.2) is 15.0 Å². The van der Waals surface area contributed by atoms with E-state index in [1.54, 1.807) is 25.4 Å². The van der Waals surface area contributed by atoms with Crippen LogP contribution in [0.1, 0.15) is 5.69 Å². The summed E-state index contributed by atoms with van der Waals surface area (Å²) in [5.74, 6) is 1.04. The minimum absolute atomic E-state index is 0.202. The van der Waals surface area contributed by atoms with Crippen molar-refractivity contribution in [1.82, 2.24) is 15.3 Å². The van der Waals surface area contributed by atoms with Gasteiger partial charge in [-0.1, -0.05) is 24.3 Å². The molecule has 6 nitrogen and oxygen atoms in total. The fraction of sp³-hybridized carbons (Fsp3) is 0.0526. The van der Waals surface area contributed by atoms with E-state index >= 15 is 0 Å². The van der Waals surface area contributed by atoms with Gasteiger partial charge in [0.05, 0.1) is 17.7 Å². The number of benzene rings is 1. The summed E-state index contributed by atoms with van der Waals surface area (Å²) >= 11 is 1.26. The van der Waals surface area contributed by atoms with Gasteiger partial charge >= 0.3 is 0 Å². The lowest BCUT2D eigenvalue weighted by atomic mass is 10.2. The number of aromatic nitrogens is 2. The fourth-order valence-corrected chi connectivity index (χ4v) is 3.33. The lowest BCUT2D eigenvalue weighted by Crippen LogP contribution is -2.19. The van der Waals surface area contributed by atoms with Gasteiger partial charge < -0.3 is 10.1 Å². The molecule has 0 spiro atoms. The van der Waals surface area contributed by atoms with Crippen LogP contribution < -0.4 is 10.1 Å². The molecule has 0 aliphatic carbocycles. The topological polar surface area (TPSA) is 76.5 Å². The van der Waals surface area contributed by atoms with Crippen molar-refractivity contribution in [1.29, 1.82) is 0 Å². The number of hydrogen-bond donors (Lipinski definition) is 1. The minimum Gasteiger partial charge on any atom is -0.494 e. The van der Waals surface area contributed by atoms with E-state index in [1.807, 2.05) is 42.5 Å². The maximum atomic E-state index is 12.2. The minimum atomic E-state index is -0.202. The molecule has 1 aromatic carbocycles. The molecule has 7 heteroatoms. The second kappa shape index (κ2) is 6.97. The van der Waals surface area contributed by atoms with Crippen molar-refractivity contribution in [3.05, 3.63) is 65.3 Å². The van der Waals surface area contributed by atoms with E-state index in [0.717, 1.165) is 10.9 Å². The lowest BCUT2D eigenvalue weighted by Gasteiger charge is -2.05. The number of nitrogens with zero attached hydrogens (tertiary/aromatic N) is 3. The van der Waals surface area contributed by atoms with Gasteiger partial charge in [0.25, 0.3) is 5.91 Å². The number of rotatable bonds is 3. The van der Waals surface area contributed by atoms with Gasteiger partial charge in [0.2, 0.25) is 0 Å². The van der Waals surface area contributed by atoms with Gasteiger partial charge in [-0.3, -0.25) is 4.79 Å². The molecule has 3 heterocycles. The molecule has 1 saturated heterocycles. The molecule has 26 heavy (non-hydrogen) atoms. The summed E-state index contributed by atoms with van der Waals surface area (Å²) < 4.78 is 5.36. The Morgan fingerprint density at radius 1 is 1.15 bits per heavy atom. The normalized spacial score (nSPS) is 17.0. The Kier molecular flexibility index (Phi) is 4.37. The highest BCUT2D eigenvalue weighted by molar-refractivity contribution is 8.18. The zero-order chi connectivity index (χ0) is 17.9. The maximum Gasteiger partial charge on any atom is 0.264 e. The molecule has 1 aliphatic rings. The van der Waals surface area contributed by atoms with Crippen LogP contribution in [0.5, 0.6) is 5.75 Å². The van der Waals surface area contributed by atoms with Gasteiger partial charge in [-0.05, 0) is 42.1 Å². The average molecular weight is 362 g/mol. The molecule has 4 rings (SSSR count). The summed E-state index contributed by atoms with van der Waals surface area (Å²) in [6.45, 7) is 0. The van der Waals surface area contributed by atoms with Gasteiger partial charge in [-0.2, -0.15) is 0 Å². The molecule has 0 atom stereocenters. The van der Waals surface area contributed by atoms with E-state index in [1.165, 1.54) is 11.8 Å². The van der Waals surface area contributed by atoms with Crippen molar-refractivity contribution in [2.45, 2.75) is 0 Å². The summed E-state index contributed by atoms with van der Waals surface area (Å²) in [5.41, 5.74) is 1.44. The second-order valence-electron chi connectivity index (χ2n) is 5.44. The van der Waals surface area contributed by atoms with E-state index in [-0.39, 0.29) is 5.91 Å². The number of carbonyl (C=O) groups is 1. The summed E-state index contributed by atoms with van der Waals surface area (Å²) in [6.07, 6.45) is 3.40. The number of thioether (sulfide) groups is 1. The van der Waals surface area contributed by atoms with Crippen LogP contribution in [0.3, 0.4) is 0 Å². The Bertz CT molecular complexity index is 1050. The standard InChI is InChI=1S/C19H14N4O2S/c1-25-14-6-4-5-12-8-9-13(21-17(12)14)11-15-18(24)23-19(26-15)22-16-7-2-3-10-20-16/h2-11H,1H3,(H,20,22,23,24). The third kappa shape index (κ3) is 3.29. The maximum absolute atomic E-state index is 12.2. The lowest BCUT2D eigenvalue weighted by molar-refractivity contribution is -0.115. The highest BCUT2D eigenvalue weighted by atomic mass is 32.2. The first kappa shape index (κ1) is 16.3. The third-order valence-corrected chi connectivity index (χ3v) is 4.63. The molecular formula is C19H14N4O2S. The van der Waals surface area contributed by atoms with Crippen molar-refractivity contribution >= 4 is 45.6 Å². The summed E-state index contributed by atoms with van der Waals surface area (Å²) in [6, 6.07) is 15.0. The van der Waals surface area contributed by atoms with E-state index in [4.69, 9.17) is 4.74 Å². The van der Waals surface area contributed by atoms with E-state index in [2.05, 4.69) is 20.3 Å². The van der Waals surface area contributed by atoms with Gasteiger partial charge in [-0.15, -0.1) is 0 Å². The van der Waals surface area contributed by atoms with Crippen molar-refractivity contribution in [2.75, 3.05) is 7.11 Å². The monoisotopic (exact) mass is 362 g/mol. The largest absolute Gasteiger partial charge is 0.494 e. The average Bonchev–Trinajstić information content (AvgIpc) is 3.01. The molecule has 1 N–H and O–H groups in total. The predicted molar refractivity (Wildman–Crippen MR) is 103 cm³/mol. The fourth-order valence-electron chi connectivity index (χ4n) is 2.52. The molecule has 3 aromatic rings. The zero-order valence-electron chi connectivity index (χ0n) is 13.8. The second-order valence-corrected chi connectivity index (χ2v) is 6.47. The number of ether oxygens (including phenoxy) is 1. The van der Waals surface area contributed by atoms with Crippen LogP contribution in [0, 0.1) is 0 Å². The SMILES string of the molecule is COc1cccc2ccc(C=C3SC(=Nc4ccccn4)NC3=O)nc12. The van der Waals surface area contributed by atoms with Crippen LogP contribution in [0.15, 0.2) is 64.6 Å². The highest BCUT2D eigenvalue weighted by Gasteiger charge is 2.24. The van der Waals surface area contributed by atoms with Gasteiger partial charge in [0.15, 0.2) is 11.0 Å². The molecule has 0 radical (unpaired) electrons. The summed E-state index contributed by atoms with van der Waals surface area (Å²) in [5, 5.41) is 4.22. The Hall–Kier alpha value is -3.19. The number of fused-ring (bicyclic) bond motifs is 1. The number of nitrogens with one attached hydrogen (secondary N) is 1.